The molecular formula is C18H38N2O3S. The zero-order chi connectivity index (χ0) is 17.9. The molecule has 0 radical (unpaired) electrons. The van der Waals surface area contributed by atoms with Crippen molar-refractivity contribution in [2.45, 2.75) is 77.6 Å². The number of hydrogen-bond donors (Lipinski definition) is 3. The Morgan fingerprint density at radius 2 is 1.33 bits per heavy atom. The average Bonchev–Trinajstić information content (AvgIpc) is 2.52. The highest BCUT2D eigenvalue weighted by molar-refractivity contribution is 7.85. The second kappa shape index (κ2) is 17.4. The molecule has 0 saturated carbocycles. The molecule has 0 aliphatic heterocycles. The van der Waals surface area contributed by atoms with Gasteiger partial charge in [-0.1, -0.05) is 44.8 Å². The quantitative estimate of drug-likeness (QED) is 0.149. The minimum absolute atomic E-state index is 0.106. The molecule has 5 nitrogen and oxygen atoms in total. The minimum atomic E-state index is -3.77. The van der Waals surface area contributed by atoms with Crippen LogP contribution >= 0.6 is 0 Å². The van der Waals surface area contributed by atoms with Crippen molar-refractivity contribution < 1.29 is 13.0 Å². The molecule has 0 fully saturated rings. The van der Waals surface area contributed by atoms with Crippen LogP contribution in [0.3, 0.4) is 0 Å². The molecule has 0 aromatic carbocycles. The van der Waals surface area contributed by atoms with Crippen LogP contribution in [0.2, 0.25) is 0 Å². The minimum Gasteiger partial charge on any atom is -0.304 e. The molecule has 0 atom stereocenters. The fraction of sp³-hybridized carbons (Fsp3) is 0.889. The first-order chi connectivity index (χ1) is 11.6. The van der Waals surface area contributed by atoms with Gasteiger partial charge < -0.3 is 10.6 Å². The van der Waals surface area contributed by atoms with Gasteiger partial charge in [0.05, 0.1) is 5.75 Å². The monoisotopic (exact) mass is 362 g/mol. The van der Waals surface area contributed by atoms with Gasteiger partial charge in [0.2, 0.25) is 0 Å². The summed E-state index contributed by atoms with van der Waals surface area (Å²) in [6.07, 6.45) is 16.5. The molecule has 0 unspecified atom stereocenters. The summed E-state index contributed by atoms with van der Waals surface area (Å²) in [6, 6.07) is 0. The van der Waals surface area contributed by atoms with Gasteiger partial charge in [-0.05, 0) is 58.0 Å². The van der Waals surface area contributed by atoms with Gasteiger partial charge in [0.1, 0.15) is 0 Å². The summed E-state index contributed by atoms with van der Waals surface area (Å²) in [5, 5.41) is 6.80. The predicted molar refractivity (Wildman–Crippen MR) is 103 cm³/mol. The van der Waals surface area contributed by atoms with Crippen LogP contribution in [0.25, 0.3) is 0 Å². The van der Waals surface area contributed by atoms with E-state index < -0.39 is 10.1 Å². The number of unbranched alkanes of at least 4 members (excludes halogenated alkanes) is 8. The highest BCUT2D eigenvalue weighted by Gasteiger charge is 2.02. The van der Waals surface area contributed by atoms with E-state index in [0.29, 0.717) is 6.42 Å². The van der Waals surface area contributed by atoms with Gasteiger partial charge in [-0.15, -0.1) is 0 Å². The highest BCUT2D eigenvalue weighted by Crippen LogP contribution is 2.06. The fourth-order valence-electron chi connectivity index (χ4n) is 2.41. The molecule has 0 rings (SSSR count). The number of rotatable bonds is 18. The van der Waals surface area contributed by atoms with Crippen LogP contribution in [0.15, 0.2) is 12.2 Å². The van der Waals surface area contributed by atoms with E-state index in [0.717, 1.165) is 51.9 Å². The third-order valence-corrected chi connectivity index (χ3v) is 4.68. The van der Waals surface area contributed by atoms with Crippen LogP contribution in [-0.2, 0) is 10.1 Å². The molecule has 0 aromatic rings. The van der Waals surface area contributed by atoms with E-state index in [4.69, 9.17) is 4.55 Å². The Hall–Kier alpha value is -0.430. The van der Waals surface area contributed by atoms with Crippen LogP contribution < -0.4 is 10.6 Å². The Balaban J connectivity index is 3.14. The van der Waals surface area contributed by atoms with E-state index in [1.165, 1.54) is 32.1 Å². The van der Waals surface area contributed by atoms with Gasteiger partial charge >= 0.3 is 0 Å². The molecule has 0 saturated heterocycles. The molecular weight excluding hydrogens is 324 g/mol. The van der Waals surface area contributed by atoms with Gasteiger partial charge in [0.25, 0.3) is 10.1 Å². The second-order valence-electron chi connectivity index (χ2n) is 6.34. The van der Waals surface area contributed by atoms with Crippen molar-refractivity contribution in [1.29, 1.82) is 0 Å². The fourth-order valence-corrected chi connectivity index (χ4v) is 2.98. The third-order valence-electron chi connectivity index (χ3n) is 3.87. The Bertz CT molecular complexity index is 384. The summed E-state index contributed by atoms with van der Waals surface area (Å²) in [7, 11) is -3.77. The van der Waals surface area contributed by atoms with Crippen molar-refractivity contribution in [3.63, 3.8) is 0 Å². The van der Waals surface area contributed by atoms with E-state index in [1.54, 1.807) is 0 Å². The largest absolute Gasteiger partial charge is 0.304 e. The predicted octanol–water partition coefficient (Wildman–Crippen LogP) is 3.88. The summed E-state index contributed by atoms with van der Waals surface area (Å²) in [5.74, 6) is -0.106. The van der Waals surface area contributed by atoms with Crippen molar-refractivity contribution >= 4 is 10.1 Å². The summed E-state index contributed by atoms with van der Waals surface area (Å²) < 4.78 is 29.7. The van der Waals surface area contributed by atoms with Gasteiger partial charge in [-0.3, -0.25) is 4.55 Å². The Kier molecular flexibility index (Phi) is 17.1. The topological polar surface area (TPSA) is 78.4 Å². The molecule has 3 N–H and O–H groups in total. The Morgan fingerprint density at radius 3 is 1.92 bits per heavy atom. The summed E-state index contributed by atoms with van der Waals surface area (Å²) in [4.78, 5) is 0. The molecule has 0 bridgehead atoms. The Morgan fingerprint density at radius 1 is 0.792 bits per heavy atom. The van der Waals surface area contributed by atoms with Crippen molar-refractivity contribution in [2.24, 2.45) is 0 Å². The maximum atomic E-state index is 10.5. The van der Waals surface area contributed by atoms with E-state index in [-0.39, 0.29) is 5.75 Å². The van der Waals surface area contributed by atoms with Gasteiger partial charge in [-0.2, -0.15) is 8.42 Å². The molecule has 0 heterocycles. The maximum Gasteiger partial charge on any atom is 0.264 e. The van der Waals surface area contributed by atoms with E-state index in [9.17, 15) is 8.42 Å². The van der Waals surface area contributed by atoms with Crippen molar-refractivity contribution in [2.75, 3.05) is 25.5 Å². The molecule has 0 aliphatic carbocycles. The van der Waals surface area contributed by atoms with E-state index in [2.05, 4.69) is 29.7 Å². The van der Waals surface area contributed by atoms with Gasteiger partial charge in [-0.25, -0.2) is 0 Å². The van der Waals surface area contributed by atoms with Crippen LogP contribution in [0.5, 0.6) is 0 Å². The Labute approximate surface area is 149 Å². The summed E-state index contributed by atoms with van der Waals surface area (Å²) in [6.45, 7) is 5.32. The van der Waals surface area contributed by atoms with Gasteiger partial charge in [0, 0.05) is 6.67 Å². The van der Waals surface area contributed by atoms with Crippen molar-refractivity contribution in [3.05, 3.63) is 12.2 Å². The third kappa shape index (κ3) is 21.6. The first-order valence-corrected chi connectivity index (χ1v) is 11.2. The molecule has 0 spiro atoms. The molecule has 144 valence electrons. The van der Waals surface area contributed by atoms with Crippen molar-refractivity contribution in [3.8, 4) is 0 Å². The lowest BCUT2D eigenvalue weighted by Crippen LogP contribution is -2.30. The first kappa shape index (κ1) is 23.6. The summed E-state index contributed by atoms with van der Waals surface area (Å²) >= 11 is 0. The average molecular weight is 363 g/mol. The lowest BCUT2D eigenvalue weighted by molar-refractivity contribution is 0.479. The smallest absolute Gasteiger partial charge is 0.264 e. The second-order valence-corrected chi connectivity index (χ2v) is 7.91. The van der Waals surface area contributed by atoms with Crippen molar-refractivity contribution in [1.82, 2.24) is 10.6 Å². The maximum absolute atomic E-state index is 10.5. The highest BCUT2D eigenvalue weighted by atomic mass is 32.2. The lowest BCUT2D eigenvalue weighted by atomic mass is 10.1. The van der Waals surface area contributed by atoms with Crippen LogP contribution in [0.1, 0.15) is 77.6 Å². The van der Waals surface area contributed by atoms with Gasteiger partial charge in [0.15, 0.2) is 0 Å². The molecule has 6 heteroatoms. The number of allylic oxidation sites excluding steroid dienone is 2. The normalized spacial score (nSPS) is 12.2. The lowest BCUT2D eigenvalue weighted by Gasteiger charge is -2.05. The van der Waals surface area contributed by atoms with Crippen LogP contribution in [-0.4, -0.2) is 38.5 Å². The number of hydrogen-bond acceptors (Lipinski definition) is 4. The van der Waals surface area contributed by atoms with E-state index in [1.807, 2.05) is 0 Å². The standard InChI is InChI=1S/C18H38N2O3S/c1-2-3-12-15-19-18-20-16-13-10-8-6-4-5-7-9-11-14-17-24(21,22)23/h4,6,19-20H,2-3,5,7-18H2,1H3,(H,21,22,23)/b6-4-. The zero-order valence-corrected chi connectivity index (χ0v) is 16.2. The molecule has 0 amide bonds. The molecule has 0 aromatic heterocycles. The summed E-state index contributed by atoms with van der Waals surface area (Å²) in [5.41, 5.74) is 0. The van der Waals surface area contributed by atoms with E-state index >= 15 is 0 Å². The molecule has 24 heavy (non-hydrogen) atoms. The first-order valence-electron chi connectivity index (χ1n) is 9.58. The zero-order valence-electron chi connectivity index (χ0n) is 15.4. The number of nitrogens with one attached hydrogen (secondary N) is 2. The van der Waals surface area contributed by atoms with Crippen LogP contribution in [0.4, 0.5) is 0 Å². The van der Waals surface area contributed by atoms with Crippen LogP contribution in [0, 0.1) is 0 Å². The molecule has 0 aliphatic rings. The SMILES string of the molecule is CCCCCNCNCCCC/C=C\CCCCCCS(=O)(=O)O.